The van der Waals surface area contributed by atoms with Crippen molar-refractivity contribution < 1.29 is 56.1 Å². The van der Waals surface area contributed by atoms with Crippen LogP contribution in [-0.4, -0.2) is 220 Å². The molecule has 0 aliphatic carbocycles. The number of ether oxygens (including phenoxy) is 3. The number of benzene rings is 4. The zero-order chi connectivity index (χ0) is 68.8. The van der Waals surface area contributed by atoms with Crippen molar-refractivity contribution in [3.8, 4) is 17.6 Å². The lowest BCUT2D eigenvalue weighted by Crippen LogP contribution is -2.53. The van der Waals surface area contributed by atoms with Gasteiger partial charge in [-0.2, -0.15) is 0 Å². The first-order valence-electron chi connectivity index (χ1n) is 35.1. The highest BCUT2D eigenvalue weighted by Gasteiger charge is 2.51. The fourth-order valence-corrected chi connectivity index (χ4v) is 16.9. The van der Waals surface area contributed by atoms with Gasteiger partial charge in [-0.25, -0.2) is 27.6 Å². The Bertz CT molecular complexity index is 3540. The number of urea groups is 1. The number of anilines is 3. The Morgan fingerprint density at radius 2 is 1.01 bits per heavy atom. The van der Waals surface area contributed by atoms with Gasteiger partial charge in [-0.1, -0.05) is 42.3 Å². The van der Waals surface area contributed by atoms with E-state index in [2.05, 4.69) is 44.7 Å². The van der Waals surface area contributed by atoms with E-state index in [-0.39, 0.29) is 71.0 Å². The molecule has 3 spiro atoms. The van der Waals surface area contributed by atoms with Crippen LogP contribution in [0.1, 0.15) is 128 Å². The molecule has 0 radical (unpaired) electrons. The van der Waals surface area contributed by atoms with Gasteiger partial charge in [-0.15, -0.1) is 5.92 Å². The number of para-hydroxylation sites is 2. The zero-order valence-corrected chi connectivity index (χ0v) is 57.7. The number of carbonyl (C=O) groups is 6. The summed E-state index contributed by atoms with van der Waals surface area (Å²) in [6.45, 7) is 20.6. The summed E-state index contributed by atoms with van der Waals surface area (Å²) in [5, 5.41) is 0. The number of carbonyl (C=O) groups excluding carboxylic acids is 6. The fourth-order valence-electron chi connectivity index (χ4n) is 16.9. The molecule has 7 amide bonds. The molecule has 13 rings (SSSR count). The molecule has 97 heavy (non-hydrogen) atoms. The monoisotopic (exact) mass is 1340 g/mol. The number of rotatable bonds is 8. The summed E-state index contributed by atoms with van der Waals surface area (Å²) in [6, 6.07) is 26.2. The minimum atomic E-state index is -0.661. The van der Waals surface area contributed by atoms with E-state index in [4.69, 9.17) is 14.2 Å². The van der Waals surface area contributed by atoms with Crippen LogP contribution in [0.3, 0.4) is 0 Å². The van der Waals surface area contributed by atoms with Gasteiger partial charge < -0.3 is 58.3 Å². The number of amides is 7. The van der Waals surface area contributed by atoms with Crippen LogP contribution in [0.4, 0.5) is 44.6 Å². The zero-order valence-electron chi connectivity index (χ0n) is 57.7. The predicted molar refractivity (Wildman–Crippen MR) is 366 cm³/mol. The van der Waals surface area contributed by atoms with E-state index in [1.54, 1.807) is 63.7 Å². The van der Waals surface area contributed by atoms with Crippen LogP contribution in [-0.2, 0) is 40.1 Å². The van der Waals surface area contributed by atoms with Crippen LogP contribution < -0.4 is 19.4 Å². The van der Waals surface area contributed by atoms with Gasteiger partial charge in [0.2, 0.25) is 11.8 Å². The van der Waals surface area contributed by atoms with E-state index in [1.807, 2.05) is 56.0 Å². The van der Waals surface area contributed by atoms with Gasteiger partial charge in [0.1, 0.15) is 23.2 Å². The van der Waals surface area contributed by atoms with Crippen LogP contribution in [0, 0.1) is 29.3 Å². The molecule has 1 unspecified atom stereocenters. The maximum absolute atomic E-state index is 14.5. The summed E-state index contributed by atoms with van der Waals surface area (Å²) in [7, 11) is 3.51. The van der Waals surface area contributed by atoms with Crippen molar-refractivity contribution in [2.75, 3.05) is 140 Å². The second-order valence-corrected chi connectivity index (χ2v) is 28.2. The normalized spacial score (nSPS) is 21.1. The van der Waals surface area contributed by atoms with Crippen LogP contribution >= 0.6 is 0 Å². The second kappa shape index (κ2) is 30.5. The van der Waals surface area contributed by atoms with Gasteiger partial charge in [0, 0.05) is 139 Å². The molecule has 1 atom stereocenters. The highest BCUT2D eigenvalue weighted by Crippen LogP contribution is 2.51. The Balaban J connectivity index is 0.000000148. The molecule has 9 heterocycles. The number of hydrogen-bond acceptors (Lipinski definition) is 12. The summed E-state index contributed by atoms with van der Waals surface area (Å²) < 4.78 is 58.9. The number of piperidine rings is 6. The van der Waals surface area contributed by atoms with Gasteiger partial charge in [0.15, 0.2) is 12.7 Å². The Labute approximate surface area is 570 Å². The molecule has 0 bridgehead atoms. The van der Waals surface area contributed by atoms with E-state index in [1.165, 1.54) is 29.5 Å². The third kappa shape index (κ3) is 15.4. The van der Waals surface area contributed by atoms with Gasteiger partial charge in [-0.05, 0) is 196 Å². The standard InChI is InChI=1S/C28H35FN4O3.C25H33N3O3.C22H29F2N3O3/c1-30(2)27(35)33-20-28(24-18-21(29)8-9-25(24)33)12-16-31(17-13-28)22-10-14-32(15-11-22)26(34)19-36-23-6-4-3-5-7-23;1-4-7-19(2)31-24(30)27-14-10-21(11-15-27)26-16-12-25(13-17-26)18-28(20(3)29)23-9-6-5-8-22(23)25;1-3-30-21(29)26-8-4-17(5-9-26)25-10-6-22(7-11-25)14-27(15(2)28)20-18(22)12-16(23)13-19(20)24/h3-9,18,22H,10-17,19-20H2,1-2H3;5-6,8-9,19,21H,10-18H2,1-3H3;12-13,17H,3-11,14H2,1-2H3. The number of likely N-dealkylation sites (tertiary alicyclic amines) is 6. The third-order valence-corrected chi connectivity index (χ3v) is 22.3. The van der Waals surface area contributed by atoms with Crippen molar-refractivity contribution in [3.05, 3.63) is 119 Å². The molecule has 0 saturated carbocycles. The van der Waals surface area contributed by atoms with Gasteiger partial charge >= 0.3 is 18.2 Å². The first kappa shape index (κ1) is 70.4. The SMILES string of the molecule is CC#CC(C)OC(=O)N1CCC(N2CCC3(CC2)CN(C(C)=O)c2ccccc23)CC1.CCOC(=O)N1CCC(N2CCC3(CC2)CN(C(C)=O)c2c(F)cc(F)cc23)CC1.CN(C)C(=O)N1CC2(CCN(C3CCN(C(=O)COc4ccccc4)CC3)CC2)c2cc(F)ccc21. The van der Waals surface area contributed by atoms with Crippen LogP contribution in [0.5, 0.6) is 5.75 Å². The molecule has 0 aromatic heterocycles. The van der Waals surface area contributed by atoms with Crippen molar-refractivity contribution in [1.82, 2.24) is 34.3 Å². The summed E-state index contributed by atoms with van der Waals surface area (Å²) in [5.74, 6) is 4.81. The Kier molecular flexibility index (Phi) is 22.1. The fraction of sp³-hybridized carbons (Fsp3) is 0.573. The van der Waals surface area contributed by atoms with Crippen molar-refractivity contribution in [2.45, 2.75) is 152 Å². The predicted octanol–water partition coefficient (Wildman–Crippen LogP) is 10.4. The minimum absolute atomic E-state index is 0.0325. The Morgan fingerprint density at radius 3 is 1.54 bits per heavy atom. The van der Waals surface area contributed by atoms with Crippen molar-refractivity contribution >= 4 is 53.0 Å². The number of halogens is 3. The van der Waals surface area contributed by atoms with Gasteiger partial charge in [0.25, 0.3) is 5.91 Å². The lowest BCUT2D eigenvalue weighted by atomic mass is 9.73. The molecule has 6 saturated heterocycles. The second-order valence-electron chi connectivity index (χ2n) is 28.2. The average Bonchev–Trinajstić information content (AvgIpc) is 1.61. The third-order valence-electron chi connectivity index (χ3n) is 22.3. The summed E-state index contributed by atoms with van der Waals surface area (Å²) >= 11 is 0. The number of fused-ring (bicyclic) bond motifs is 6. The van der Waals surface area contributed by atoms with E-state index in [0.29, 0.717) is 62.2 Å². The quantitative estimate of drug-likeness (QED) is 0.154. The van der Waals surface area contributed by atoms with Crippen LogP contribution in [0.15, 0.2) is 84.9 Å². The van der Waals surface area contributed by atoms with Crippen LogP contribution in [0.25, 0.3) is 0 Å². The van der Waals surface area contributed by atoms with Crippen molar-refractivity contribution in [3.63, 3.8) is 0 Å². The maximum Gasteiger partial charge on any atom is 0.410 e. The highest BCUT2D eigenvalue weighted by molar-refractivity contribution is 5.96. The van der Waals surface area contributed by atoms with E-state index >= 15 is 0 Å². The maximum atomic E-state index is 14.5. The number of nitrogens with zero attached hydrogens (tertiary/aromatic N) is 10. The first-order chi connectivity index (χ1) is 46.6. The van der Waals surface area contributed by atoms with Crippen molar-refractivity contribution in [2.24, 2.45) is 0 Å². The molecule has 4 aromatic carbocycles. The first-order valence-corrected chi connectivity index (χ1v) is 35.1. The molecule has 522 valence electrons. The number of hydrogen-bond donors (Lipinski definition) is 0. The Hall–Kier alpha value is -7.87. The smallest absolute Gasteiger partial charge is 0.410 e. The lowest BCUT2D eigenvalue weighted by Gasteiger charge is -2.45. The van der Waals surface area contributed by atoms with Crippen LogP contribution in [0.2, 0.25) is 0 Å². The van der Waals surface area contributed by atoms with E-state index in [0.717, 1.165) is 172 Å². The lowest BCUT2D eigenvalue weighted by molar-refractivity contribution is -0.135. The Morgan fingerprint density at radius 1 is 0.546 bits per heavy atom. The largest absolute Gasteiger partial charge is 0.484 e. The summed E-state index contributed by atoms with van der Waals surface area (Å²) in [6.07, 6.45) is 10.2. The van der Waals surface area contributed by atoms with E-state index < -0.39 is 17.0 Å². The molecular weight excluding hydrogens is 1240 g/mol. The summed E-state index contributed by atoms with van der Waals surface area (Å²) in [4.78, 5) is 93.9. The highest BCUT2D eigenvalue weighted by atomic mass is 19.1. The molecule has 19 nitrogen and oxygen atoms in total. The molecule has 22 heteroatoms. The van der Waals surface area contributed by atoms with Gasteiger partial charge in [-0.3, -0.25) is 19.3 Å². The minimum Gasteiger partial charge on any atom is -0.484 e. The molecule has 4 aromatic rings. The topological polar surface area (TPSA) is 163 Å². The van der Waals surface area contributed by atoms with Crippen molar-refractivity contribution in [1.29, 1.82) is 0 Å². The van der Waals surface area contributed by atoms with Gasteiger partial charge in [0.05, 0.1) is 12.3 Å². The molecule has 0 N–H and O–H groups in total. The summed E-state index contributed by atoms with van der Waals surface area (Å²) in [5.41, 5.74) is 4.61. The van der Waals surface area contributed by atoms with E-state index in [9.17, 15) is 41.9 Å². The average molecular weight is 1340 g/mol. The molecule has 9 aliphatic rings. The molecule has 6 fully saturated rings. The molecular formula is C75H97F3N10O9. The molecule has 9 aliphatic heterocycles.